The number of hydrogen-bond donors (Lipinski definition) is 2. The van der Waals surface area contributed by atoms with Gasteiger partial charge in [0.1, 0.15) is 0 Å². The summed E-state index contributed by atoms with van der Waals surface area (Å²) in [7, 11) is 12.4. The number of anilines is 2. The Kier molecular flexibility index (Phi) is 15.1. The minimum Gasteiger partial charge on any atom is -0.265 e. The summed E-state index contributed by atoms with van der Waals surface area (Å²) in [5.41, 5.74) is 15.3. The van der Waals surface area contributed by atoms with Gasteiger partial charge in [-0.15, -0.1) is 0 Å². The first kappa shape index (κ1) is 37.9. The smallest absolute Gasteiger partial charge is 0.0267 e. The molecule has 0 spiro atoms. The Morgan fingerprint density at radius 3 is 1.40 bits per heavy atom. The van der Waals surface area contributed by atoms with E-state index in [1.165, 1.54) is 67.0 Å². The fraction of sp³-hybridized carbons (Fsp3) is 0.195. The van der Waals surface area contributed by atoms with Crippen LogP contribution in [-0.4, -0.2) is 22.2 Å². The molecule has 0 atom stereocenters. The van der Waals surface area contributed by atoms with E-state index in [0.29, 0.717) is 0 Å². The summed E-state index contributed by atoms with van der Waals surface area (Å²) < 4.78 is 1.12. The van der Waals surface area contributed by atoms with E-state index >= 15 is 0 Å². The van der Waals surface area contributed by atoms with Gasteiger partial charge in [0.2, 0.25) is 0 Å². The van der Waals surface area contributed by atoms with Crippen LogP contribution in [-0.2, 0) is 13.5 Å². The summed E-state index contributed by atoms with van der Waals surface area (Å²) in [6.45, 7) is 14.8. The summed E-state index contributed by atoms with van der Waals surface area (Å²) in [6.07, 6.45) is 5.65. The molecule has 0 fully saturated rings. The number of rotatable bonds is 6. The van der Waals surface area contributed by atoms with Gasteiger partial charge in [-0.05, 0) is 75.9 Å². The van der Waals surface area contributed by atoms with E-state index in [1.54, 1.807) is 12.4 Å². The van der Waals surface area contributed by atoms with E-state index in [-0.39, 0.29) is 7.43 Å². The second-order valence-electron chi connectivity index (χ2n) is 11.4. The maximum absolute atomic E-state index is 6.19. The molecule has 1 aromatic heterocycles. The van der Waals surface area contributed by atoms with E-state index in [0.717, 1.165) is 17.2 Å². The van der Waals surface area contributed by atoms with Crippen LogP contribution in [0, 0.1) is 49.0 Å². The van der Waals surface area contributed by atoms with Crippen LogP contribution in [0.3, 0.4) is 0 Å². The van der Waals surface area contributed by atoms with Gasteiger partial charge in [-0.25, -0.2) is 0 Å². The van der Waals surface area contributed by atoms with Crippen molar-refractivity contribution in [3.63, 3.8) is 0 Å². The number of nitrogens with zero attached hydrogens (tertiary/aromatic N) is 1. The zero-order valence-corrected chi connectivity index (χ0v) is 31.7. The van der Waals surface area contributed by atoms with Crippen LogP contribution in [0.15, 0.2) is 116 Å². The van der Waals surface area contributed by atoms with Gasteiger partial charge in [0.05, 0.1) is 0 Å². The van der Waals surface area contributed by atoms with Crippen LogP contribution in [0.25, 0.3) is 5.57 Å². The Balaban J connectivity index is 0.000000215. The second-order valence-corrected chi connectivity index (χ2v) is 17.2. The second kappa shape index (κ2) is 18.7. The Hall–Kier alpha value is -3.56. The predicted octanol–water partition coefficient (Wildman–Crippen LogP) is 11.2. The number of nitrogens with one attached hydrogen (secondary N) is 2. The van der Waals surface area contributed by atoms with Gasteiger partial charge >= 0.3 is 120 Å². The largest absolute Gasteiger partial charge is 0.265 e. The number of aryl methyl sites for hydroxylation is 6. The molecule has 0 unspecified atom stereocenters. The maximum Gasteiger partial charge on any atom is 0.0267 e. The average molecular weight is 753 g/mol. The minimum atomic E-state index is -1.88. The molecule has 0 aliphatic heterocycles. The van der Waals surface area contributed by atoms with E-state index in [1.807, 2.05) is 42.5 Å². The zero-order valence-electron chi connectivity index (χ0n) is 28.4. The molecule has 1 aliphatic rings. The number of fused-ring (bicyclic) bond motifs is 1. The third-order valence-electron chi connectivity index (χ3n) is 7.61. The van der Waals surface area contributed by atoms with Crippen molar-refractivity contribution in [3.05, 3.63) is 173 Å². The van der Waals surface area contributed by atoms with Crippen molar-refractivity contribution in [3.8, 4) is 0 Å². The fourth-order valence-electron chi connectivity index (χ4n) is 5.77. The normalized spacial score (nSPS) is 11.4. The van der Waals surface area contributed by atoms with Gasteiger partial charge in [0.25, 0.3) is 0 Å². The molecule has 0 bridgehead atoms. The summed E-state index contributed by atoms with van der Waals surface area (Å²) >= 11 is -1.88. The first-order chi connectivity index (χ1) is 22.2. The molecule has 3 nitrogen and oxygen atoms in total. The first-order valence-corrected chi connectivity index (χ1v) is 20.7. The molecule has 0 amide bonds. The molecule has 2 N–H and O–H groups in total. The number of pyridine rings is 1. The van der Waals surface area contributed by atoms with Gasteiger partial charge in [-0.2, -0.15) is 0 Å². The summed E-state index contributed by atoms with van der Waals surface area (Å²) in [4.78, 5) is 3.78. The molecular weight excluding hydrogens is 706 g/mol. The Morgan fingerprint density at radius 1 is 0.574 bits per heavy atom. The molecule has 0 saturated heterocycles. The van der Waals surface area contributed by atoms with Crippen LogP contribution < -0.4 is 10.6 Å². The van der Waals surface area contributed by atoms with Crippen molar-refractivity contribution in [1.82, 2.24) is 4.98 Å². The van der Waals surface area contributed by atoms with Gasteiger partial charge in [0.15, 0.2) is 0 Å². The van der Waals surface area contributed by atoms with Crippen LogP contribution in [0.4, 0.5) is 11.4 Å². The average Bonchev–Trinajstić information content (AvgIpc) is 3.43. The van der Waals surface area contributed by atoms with Crippen molar-refractivity contribution < 1.29 is 13.5 Å². The monoisotopic (exact) mass is 752 g/mol. The van der Waals surface area contributed by atoms with Gasteiger partial charge in [-0.1, -0.05) is 41.5 Å². The Bertz CT molecular complexity index is 1680. The number of aromatic nitrogens is 1. The van der Waals surface area contributed by atoms with Crippen LogP contribution in [0.1, 0.15) is 50.1 Å². The van der Waals surface area contributed by atoms with Crippen molar-refractivity contribution in [2.45, 2.75) is 41.5 Å². The van der Waals surface area contributed by atoms with Gasteiger partial charge in [0, 0.05) is 36.9 Å². The van der Waals surface area contributed by atoms with Gasteiger partial charge < -0.3 is 18.1 Å². The quantitative estimate of drug-likeness (QED) is 0.103. The molecule has 0 saturated carbocycles. The molecule has 0 radical (unpaired) electrons. The summed E-state index contributed by atoms with van der Waals surface area (Å²) in [6, 6.07) is 33.3. The van der Waals surface area contributed by atoms with E-state index in [4.69, 9.17) is 19.4 Å². The number of benzene rings is 4. The Labute approximate surface area is 295 Å². The number of halogens is 2. The van der Waals surface area contributed by atoms with E-state index < -0.39 is 13.5 Å². The predicted molar refractivity (Wildman–Crippen MR) is 205 cm³/mol. The minimum absolute atomic E-state index is 0. The first-order valence-electron chi connectivity index (χ1n) is 15.4. The SMILES string of the molecule is Cc1cc(C)c(NCCNc2c(C)cc(C)cc2C)c(C)c1.[CH3-].[Cl][Ru]([Cl])=[C]1C=C(c2ccccc2)c2ccccc21.c1ccncc1. The maximum atomic E-state index is 6.19. The topological polar surface area (TPSA) is 37.0 Å². The third kappa shape index (κ3) is 10.7. The summed E-state index contributed by atoms with van der Waals surface area (Å²) in [5, 5.41) is 7.13. The molecule has 6 rings (SSSR count). The third-order valence-corrected chi connectivity index (χ3v) is 10.7. The molecular formula is C41H46Cl2N3Ru-. The van der Waals surface area contributed by atoms with Gasteiger partial charge in [-0.3, -0.25) is 4.98 Å². The number of allylic oxidation sites excluding steroid dienone is 1. The van der Waals surface area contributed by atoms with Crippen LogP contribution >= 0.6 is 19.4 Å². The molecule has 4 aromatic carbocycles. The van der Waals surface area contributed by atoms with Crippen LogP contribution in [0.5, 0.6) is 0 Å². The van der Waals surface area contributed by atoms with Crippen LogP contribution in [0.2, 0.25) is 0 Å². The molecule has 5 aromatic rings. The Morgan fingerprint density at radius 2 is 1.00 bits per heavy atom. The van der Waals surface area contributed by atoms with E-state index in [9.17, 15) is 0 Å². The van der Waals surface area contributed by atoms with Crippen molar-refractivity contribution in [2.75, 3.05) is 23.7 Å². The van der Waals surface area contributed by atoms with Crippen molar-refractivity contribution >= 4 is 40.4 Å². The van der Waals surface area contributed by atoms with Crippen molar-refractivity contribution in [1.29, 1.82) is 0 Å². The van der Waals surface area contributed by atoms with E-state index in [2.05, 4.69) is 118 Å². The van der Waals surface area contributed by atoms with Crippen molar-refractivity contribution in [2.24, 2.45) is 0 Å². The summed E-state index contributed by atoms with van der Waals surface area (Å²) in [5.74, 6) is 0. The molecule has 6 heteroatoms. The molecule has 47 heavy (non-hydrogen) atoms. The number of hydrogen-bond acceptors (Lipinski definition) is 3. The zero-order chi connectivity index (χ0) is 33.1. The fourth-order valence-corrected chi connectivity index (χ4v) is 8.25. The molecule has 1 heterocycles. The molecule has 1 aliphatic carbocycles. The standard InChI is InChI=1S/C20H28N2.C15H10.C5H5N.CH3.2ClH.Ru/c1-13-9-15(3)19(16(4)10-13)21-7-8-22-20-17(5)11-14(2)12-18(20)6;1-2-6-12(7-3-1)15-11-10-13-8-4-5-9-14(13)15;1-2-4-6-5-3-1;;;;/h9-12,21-22H,7-8H2,1-6H3;1-9,11H;1-5H;1H3;2*1H;/q;;;-1;;;+2/p-2. The molecule has 248 valence electrons.